The zero-order valence-corrected chi connectivity index (χ0v) is 14.2. The van der Waals surface area contributed by atoms with E-state index in [9.17, 15) is 14.7 Å². The molecule has 1 aromatic rings. The Morgan fingerprint density at radius 2 is 1.83 bits per heavy atom. The van der Waals surface area contributed by atoms with Gasteiger partial charge in [0.2, 0.25) is 0 Å². The molecule has 1 aromatic carbocycles. The number of amides is 1. The van der Waals surface area contributed by atoms with Gasteiger partial charge in [-0.1, -0.05) is 12.1 Å². The van der Waals surface area contributed by atoms with Crippen molar-refractivity contribution < 1.29 is 19.4 Å². The van der Waals surface area contributed by atoms with Gasteiger partial charge >= 0.3 is 12.1 Å². The van der Waals surface area contributed by atoms with E-state index in [2.05, 4.69) is 0 Å². The molecule has 1 saturated heterocycles. The number of rotatable bonds is 5. The number of aliphatic carboxylic acids is 1. The van der Waals surface area contributed by atoms with Crippen molar-refractivity contribution in [3.05, 3.63) is 29.8 Å². The first-order valence-corrected chi connectivity index (χ1v) is 8.81. The third-order valence-corrected chi connectivity index (χ3v) is 4.61. The lowest BCUT2D eigenvalue weighted by molar-refractivity contribution is -0.144. The van der Waals surface area contributed by atoms with E-state index in [4.69, 9.17) is 4.74 Å². The quantitative estimate of drug-likeness (QED) is 0.831. The van der Waals surface area contributed by atoms with Gasteiger partial charge in [-0.3, -0.25) is 9.69 Å². The van der Waals surface area contributed by atoms with Crippen LogP contribution in [0.1, 0.15) is 18.5 Å². The zero-order valence-electron chi connectivity index (χ0n) is 13.4. The van der Waals surface area contributed by atoms with Crippen LogP contribution >= 0.6 is 11.8 Å². The second-order valence-corrected chi connectivity index (χ2v) is 6.12. The van der Waals surface area contributed by atoms with Gasteiger partial charge in [-0.15, -0.1) is 11.8 Å². The molecule has 0 radical (unpaired) electrons. The number of benzene rings is 1. The molecule has 0 bridgehead atoms. The third kappa shape index (κ3) is 4.39. The van der Waals surface area contributed by atoms with E-state index in [1.165, 1.54) is 0 Å². The number of hydrogen-bond donors (Lipinski definition) is 1. The van der Waals surface area contributed by atoms with Crippen molar-refractivity contribution in [1.29, 1.82) is 0 Å². The second-order valence-electron chi connectivity index (χ2n) is 5.24. The molecule has 1 N–H and O–H groups in total. The predicted octanol–water partition coefficient (Wildman–Crippen LogP) is 2.31. The van der Waals surface area contributed by atoms with Crippen molar-refractivity contribution in [2.24, 2.45) is 0 Å². The first kappa shape index (κ1) is 17.6. The number of thioether (sulfide) groups is 1. The van der Waals surface area contributed by atoms with Crippen LogP contribution in [-0.2, 0) is 9.53 Å². The highest BCUT2D eigenvalue weighted by Crippen LogP contribution is 2.25. The lowest BCUT2D eigenvalue weighted by atomic mass is 10.0. The number of nitrogens with zero attached hydrogens (tertiary/aromatic N) is 2. The Morgan fingerprint density at radius 3 is 2.30 bits per heavy atom. The minimum Gasteiger partial charge on any atom is -0.480 e. The summed E-state index contributed by atoms with van der Waals surface area (Å²) in [5, 5.41) is 9.61. The number of carboxylic acid groups (broad SMARTS) is 1. The maximum absolute atomic E-state index is 11.7. The van der Waals surface area contributed by atoms with E-state index >= 15 is 0 Å². The smallest absolute Gasteiger partial charge is 0.409 e. The van der Waals surface area contributed by atoms with Gasteiger partial charge in [0.05, 0.1) is 6.61 Å². The molecular weight excluding hydrogens is 316 g/mol. The number of piperazine rings is 1. The molecule has 23 heavy (non-hydrogen) atoms. The molecule has 6 nitrogen and oxygen atoms in total. The fourth-order valence-corrected chi connectivity index (χ4v) is 3.08. The number of carbonyl (C=O) groups excluding carboxylic acids is 1. The molecule has 0 saturated carbocycles. The van der Waals surface area contributed by atoms with Gasteiger partial charge in [0, 0.05) is 31.1 Å². The first-order chi connectivity index (χ1) is 11.1. The first-order valence-electron chi connectivity index (χ1n) is 7.59. The van der Waals surface area contributed by atoms with E-state index in [0.29, 0.717) is 32.8 Å². The normalized spacial score (nSPS) is 16.9. The molecule has 0 unspecified atom stereocenters. The number of ether oxygens (including phenoxy) is 1. The summed E-state index contributed by atoms with van der Waals surface area (Å²) in [6.45, 7) is 4.10. The molecule has 0 aromatic heterocycles. The standard InChI is InChI=1S/C16H22N2O4S/c1-3-22-16(21)18-10-8-17(9-11-18)14(15(19)20)12-4-6-13(23-2)7-5-12/h4-7,14H,3,8-11H2,1-2H3,(H,19,20)/t14-/m0/s1. The van der Waals surface area contributed by atoms with Crippen molar-refractivity contribution in [3.8, 4) is 0 Å². The van der Waals surface area contributed by atoms with Gasteiger partial charge in [-0.2, -0.15) is 0 Å². The Bertz CT molecular complexity index is 542. The van der Waals surface area contributed by atoms with Crippen molar-refractivity contribution >= 4 is 23.8 Å². The van der Waals surface area contributed by atoms with Crippen molar-refractivity contribution in [1.82, 2.24) is 9.80 Å². The van der Waals surface area contributed by atoms with Gasteiger partial charge in [0.25, 0.3) is 0 Å². The highest BCUT2D eigenvalue weighted by Gasteiger charge is 2.31. The van der Waals surface area contributed by atoms with Crippen LogP contribution in [0.5, 0.6) is 0 Å². The monoisotopic (exact) mass is 338 g/mol. The molecule has 7 heteroatoms. The third-order valence-electron chi connectivity index (χ3n) is 3.87. The summed E-state index contributed by atoms with van der Waals surface area (Å²) >= 11 is 1.62. The van der Waals surface area contributed by atoms with Gasteiger partial charge < -0.3 is 14.7 Å². The molecule has 1 atom stereocenters. The number of carbonyl (C=O) groups is 2. The molecule has 1 heterocycles. The van der Waals surface area contributed by atoms with E-state index in [-0.39, 0.29) is 6.09 Å². The molecule has 1 aliphatic heterocycles. The maximum atomic E-state index is 11.7. The molecular formula is C16H22N2O4S. The largest absolute Gasteiger partial charge is 0.480 e. The number of hydrogen-bond acceptors (Lipinski definition) is 5. The van der Waals surface area contributed by atoms with Crippen LogP contribution in [0.4, 0.5) is 4.79 Å². The average Bonchev–Trinajstić information content (AvgIpc) is 2.56. The minimum absolute atomic E-state index is 0.330. The fourth-order valence-electron chi connectivity index (χ4n) is 2.67. The molecule has 126 valence electrons. The SMILES string of the molecule is CCOC(=O)N1CCN([C@H](C(=O)O)c2ccc(SC)cc2)CC1. The van der Waals surface area contributed by atoms with E-state index < -0.39 is 12.0 Å². The molecule has 1 amide bonds. The Morgan fingerprint density at radius 1 is 1.22 bits per heavy atom. The van der Waals surface area contributed by atoms with E-state index in [1.807, 2.05) is 35.4 Å². The average molecular weight is 338 g/mol. The maximum Gasteiger partial charge on any atom is 0.409 e. The van der Waals surface area contributed by atoms with Gasteiger partial charge in [0.15, 0.2) is 0 Å². The van der Waals surface area contributed by atoms with Crippen LogP contribution in [0.15, 0.2) is 29.2 Å². The summed E-state index contributed by atoms with van der Waals surface area (Å²) in [5.74, 6) is -0.869. The predicted molar refractivity (Wildman–Crippen MR) is 88.8 cm³/mol. The Labute approximate surface area is 140 Å². The lowest BCUT2D eigenvalue weighted by Crippen LogP contribution is -2.51. The number of carboxylic acids is 1. The topological polar surface area (TPSA) is 70.1 Å². The fraction of sp³-hybridized carbons (Fsp3) is 0.500. The molecule has 0 aliphatic carbocycles. The lowest BCUT2D eigenvalue weighted by Gasteiger charge is -2.37. The highest BCUT2D eigenvalue weighted by molar-refractivity contribution is 7.98. The van der Waals surface area contributed by atoms with Gasteiger partial charge in [-0.05, 0) is 30.9 Å². The van der Waals surface area contributed by atoms with Crippen LogP contribution in [-0.4, -0.2) is 66.0 Å². The van der Waals surface area contributed by atoms with Crippen LogP contribution < -0.4 is 0 Å². The van der Waals surface area contributed by atoms with Crippen molar-refractivity contribution in [3.63, 3.8) is 0 Å². The van der Waals surface area contributed by atoms with Crippen molar-refractivity contribution in [2.75, 3.05) is 39.0 Å². The van der Waals surface area contributed by atoms with E-state index in [1.54, 1.807) is 23.6 Å². The second kappa shape index (κ2) is 8.21. The Kier molecular flexibility index (Phi) is 6.29. The molecule has 2 rings (SSSR count). The van der Waals surface area contributed by atoms with Crippen molar-refractivity contribution in [2.45, 2.75) is 17.9 Å². The molecule has 0 spiro atoms. The summed E-state index contributed by atoms with van der Waals surface area (Å²) < 4.78 is 4.98. The Hall–Kier alpha value is -1.73. The molecule has 1 fully saturated rings. The summed E-state index contributed by atoms with van der Waals surface area (Å²) in [5.41, 5.74) is 0.764. The van der Waals surface area contributed by atoms with Crippen LogP contribution in [0.25, 0.3) is 0 Å². The summed E-state index contributed by atoms with van der Waals surface area (Å²) in [6, 6.07) is 6.91. The van der Waals surface area contributed by atoms with Crippen LogP contribution in [0, 0.1) is 0 Å². The highest BCUT2D eigenvalue weighted by atomic mass is 32.2. The summed E-state index contributed by atoms with van der Waals surface area (Å²) in [7, 11) is 0. The summed E-state index contributed by atoms with van der Waals surface area (Å²) in [6.07, 6.45) is 1.65. The summed E-state index contributed by atoms with van der Waals surface area (Å²) in [4.78, 5) is 28.1. The molecule has 1 aliphatic rings. The van der Waals surface area contributed by atoms with Gasteiger partial charge in [0.1, 0.15) is 6.04 Å². The zero-order chi connectivity index (χ0) is 16.8. The van der Waals surface area contributed by atoms with E-state index in [0.717, 1.165) is 10.5 Å². The Balaban J connectivity index is 2.05. The van der Waals surface area contributed by atoms with Crippen LogP contribution in [0.3, 0.4) is 0 Å². The minimum atomic E-state index is -0.869. The van der Waals surface area contributed by atoms with Gasteiger partial charge in [-0.25, -0.2) is 4.79 Å². The van der Waals surface area contributed by atoms with Crippen LogP contribution in [0.2, 0.25) is 0 Å².